The Hall–Kier alpha value is -2.37. The van der Waals surface area contributed by atoms with Gasteiger partial charge < -0.3 is 9.80 Å². The molecule has 22 heavy (non-hydrogen) atoms. The van der Waals surface area contributed by atoms with Crippen molar-refractivity contribution in [1.29, 1.82) is 0 Å². The standard InChI is InChI=1S/C16H20N4O2/c1-10-6-7-12-11(9-10)14(18-17-12)16(22)20-8-4-5-13(20)15(21)19(2)3/h6-7,9,13H,4-5,8H2,1-3H3,(H,17,18). The zero-order valence-corrected chi connectivity index (χ0v) is 13.1. The topological polar surface area (TPSA) is 69.3 Å². The lowest BCUT2D eigenvalue weighted by atomic mass is 10.1. The fourth-order valence-electron chi connectivity index (χ4n) is 2.99. The Morgan fingerprint density at radius 1 is 1.36 bits per heavy atom. The van der Waals surface area contributed by atoms with Crippen molar-refractivity contribution >= 4 is 22.7 Å². The highest BCUT2D eigenvalue weighted by Gasteiger charge is 2.36. The van der Waals surface area contributed by atoms with Crippen LogP contribution >= 0.6 is 0 Å². The van der Waals surface area contributed by atoms with Crippen LogP contribution in [-0.4, -0.2) is 58.5 Å². The number of rotatable bonds is 2. The number of aromatic nitrogens is 2. The van der Waals surface area contributed by atoms with Gasteiger partial charge in [-0.3, -0.25) is 14.7 Å². The number of H-pyrrole nitrogens is 1. The third kappa shape index (κ3) is 2.34. The molecule has 1 unspecified atom stereocenters. The molecule has 116 valence electrons. The maximum Gasteiger partial charge on any atom is 0.275 e. The average Bonchev–Trinajstić information content (AvgIpc) is 3.11. The van der Waals surface area contributed by atoms with Crippen molar-refractivity contribution in [3.63, 3.8) is 0 Å². The minimum Gasteiger partial charge on any atom is -0.347 e. The van der Waals surface area contributed by atoms with Crippen LogP contribution in [0.2, 0.25) is 0 Å². The summed E-state index contributed by atoms with van der Waals surface area (Å²) >= 11 is 0. The first kappa shape index (κ1) is 14.6. The lowest BCUT2D eigenvalue weighted by Crippen LogP contribution is -2.45. The normalized spacial score (nSPS) is 18.0. The Balaban J connectivity index is 1.95. The summed E-state index contributed by atoms with van der Waals surface area (Å²) in [6, 6.07) is 5.47. The number of nitrogens with one attached hydrogen (secondary N) is 1. The quantitative estimate of drug-likeness (QED) is 0.915. The number of hydrogen-bond acceptors (Lipinski definition) is 3. The molecule has 1 aliphatic rings. The van der Waals surface area contributed by atoms with Gasteiger partial charge in [-0.2, -0.15) is 5.10 Å². The largest absolute Gasteiger partial charge is 0.347 e. The molecule has 0 aliphatic carbocycles. The van der Waals surface area contributed by atoms with Crippen LogP contribution in [0.3, 0.4) is 0 Å². The van der Waals surface area contributed by atoms with Crippen molar-refractivity contribution in [2.24, 2.45) is 0 Å². The van der Waals surface area contributed by atoms with Crippen molar-refractivity contribution < 1.29 is 9.59 Å². The van der Waals surface area contributed by atoms with Gasteiger partial charge in [-0.15, -0.1) is 0 Å². The van der Waals surface area contributed by atoms with Gasteiger partial charge in [0.2, 0.25) is 5.91 Å². The van der Waals surface area contributed by atoms with Gasteiger partial charge in [-0.1, -0.05) is 11.6 Å². The van der Waals surface area contributed by atoms with Crippen molar-refractivity contribution in [2.45, 2.75) is 25.8 Å². The van der Waals surface area contributed by atoms with Gasteiger partial charge in [0.05, 0.1) is 5.52 Å². The number of carbonyl (C=O) groups excluding carboxylic acids is 2. The number of aromatic amines is 1. The molecular formula is C16H20N4O2. The molecule has 6 heteroatoms. The molecule has 0 bridgehead atoms. The predicted molar refractivity (Wildman–Crippen MR) is 83.6 cm³/mol. The highest BCUT2D eigenvalue weighted by atomic mass is 16.2. The van der Waals surface area contributed by atoms with Crippen LogP contribution in [0.5, 0.6) is 0 Å². The van der Waals surface area contributed by atoms with Gasteiger partial charge in [0.15, 0.2) is 5.69 Å². The van der Waals surface area contributed by atoms with Gasteiger partial charge in [0.25, 0.3) is 5.91 Å². The Labute approximate surface area is 129 Å². The van der Waals surface area contributed by atoms with Gasteiger partial charge in [0.1, 0.15) is 6.04 Å². The zero-order valence-electron chi connectivity index (χ0n) is 13.1. The summed E-state index contributed by atoms with van der Waals surface area (Å²) in [4.78, 5) is 28.3. The van der Waals surface area contributed by atoms with E-state index >= 15 is 0 Å². The fourth-order valence-corrected chi connectivity index (χ4v) is 2.99. The predicted octanol–water partition coefficient (Wildman–Crippen LogP) is 1.56. The molecule has 2 heterocycles. The van der Waals surface area contributed by atoms with Crippen molar-refractivity contribution in [3.05, 3.63) is 29.5 Å². The summed E-state index contributed by atoms with van der Waals surface area (Å²) in [7, 11) is 3.44. The maximum atomic E-state index is 12.8. The number of likely N-dealkylation sites (tertiary alicyclic amines) is 1. The van der Waals surface area contributed by atoms with E-state index in [0.717, 1.165) is 22.9 Å². The molecule has 1 saturated heterocycles. The zero-order chi connectivity index (χ0) is 15.9. The SMILES string of the molecule is Cc1ccc2[nH]nc(C(=O)N3CCCC3C(=O)N(C)C)c2c1. The second-order valence-electron chi connectivity index (χ2n) is 6.01. The van der Waals surface area contributed by atoms with Crippen LogP contribution in [-0.2, 0) is 4.79 Å². The molecule has 0 spiro atoms. The van der Waals surface area contributed by atoms with E-state index in [9.17, 15) is 9.59 Å². The molecule has 6 nitrogen and oxygen atoms in total. The Bertz CT molecular complexity index is 735. The van der Waals surface area contributed by atoms with Gasteiger partial charge in [-0.05, 0) is 31.9 Å². The average molecular weight is 300 g/mol. The smallest absolute Gasteiger partial charge is 0.275 e. The second kappa shape index (κ2) is 5.44. The first-order valence-electron chi connectivity index (χ1n) is 7.46. The fraction of sp³-hybridized carbons (Fsp3) is 0.438. The number of aryl methyl sites for hydroxylation is 1. The van der Waals surface area contributed by atoms with Crippen molar-refractivity contribution in [3.8, 4) is 0 Å². The number of fused-ring (bicyclic) bond motifs is 1. The summed E-state index contributed by atoms with van der Waals surface area (Å²) in [5.41, 5.74) is 2.31. The van der Waals surface area contributed by atoms with Crippen LogP contribution in [0.4, 0.5) is 0 Å². The van der Waals surface area contributed by atoms with Crippen molar-refractivity contribution in [1.82, 2.24) is 20.0 Å². The highest BCUT2D eigenvalue weighted by molar-refractivity contribution is 6.06. The number of carbonyl (C=O) groups is 2. The summed E-state index contributed by atoms with van der Waals surface area (Å²) in [5.74, 6) is -0.198. The molecule has 3 rings (SSSR count). The monoisotopic (exact) mass is 300 g/mol. The van der Waals surface area contributed by atoms with Gasteiger partial charge in [-0.25, -0.2) is 0 Å². The van der Waals surface area contributed by atoms with E-state index in [4.69, 9.17) is 0 Å². The summed E-state index contributed by atoms with van der Waals surface area (Å²) < 4.78 is 0. The van der Waals surface area contributed by atoms with E-state index in [1.807, 2.05) is 25.1 Å². The lowest BCUT2D eigenvalue weighted by molar-refractivity contribution is -0.132. The number of hydrogen-bond donors (Lipinski definition) is 1. The first-order valence-corrected chi connectivity index (χ1v) is 7.46. The Morgan fingerprint density at radius 3 is 2.86 bits per heavy atom. The molecule has 1 atom stereocenters. The molecule has 2 aromatic rings. The maximum absolute atomic E-state index is 12.8. The molecule has 1 aromatic carbocycles. The van der Waals surface area contributed by atoms with E-state index in [1.165, 1.54) is 0 Å². The third-order valence-corrected chi connectivity index (χ3v) is 4.16. The van der Waals surface area contributed by atoms with E-state index in [-0.39, 0.29) is 17.9 Å². The summed E-state index contributed by atoms with van der Waals surface area (Å²) in [6.07, 6.45) is 1.56. The van der Waals surface area contributed by atoms with E-state index in [0.29, 0.717) is 18.7 Å². The molecule has 0 saturated carbocycles. The van der Waals surface area contributed by atoms with E-state index in [1.54, 1.807) is 23.9 Å². The number of likely N-dealkylation sites (N-methyl/N-ethyl adjacent to an activating group) is 1. The number of nitrogens with zero attached hydrogens (tertiary/aromatic N) is 3. The van der Waals surface area contributed by atoms with E-state index in [2.05, 4.69) is 10.2 Å². The molecule has 1 N–H and O–H groups in total. The van der Waals surface area contributed by atoms with Gasteiger partial charge >= 0.3 is 0 Å². The lowest BCUT2D eigenvalue weighted by Gasteiger charge is -2.25. The molecule has 1 fully saturated rings. The summed E-state index contributed by atoms with van der Waals surface area (Å²) in [6.45, 7) is 2.58. The van der Waals surface area contributed by atoms with E-state index < -0.39 is 0 Å². The van der Waals surface area contributed by atoms with Crippen LogP contribution < -0.4 is 0 Å². The molecule has 1 aliphatic heterocycles. The van der Waals surface area contributed by atoms with Crippen molar-refractivity contribution in [2.75, 3.05) is 20.6 Å². The molecular weight excluding hydrogens is 280 g/mol. The molecule has 0 radical (unpaired) electrons. The Morgan fingerprint density at radius 2 is 2.14 bits per heavy atom. The van der Waals surface area contributed by atoms with Gasteiger partial charge in [0, 0.05) is 26.0 Å². The van der Waals surface area contributed by atoms with Crippen LogP contribution in [0.1, 0.15) is 28.9 Å². The van der Waals surface area contributed by atoms with Crippen LogP contribution in [0.25, 0.3) is 10.9 Å². The number of benzene rings is 1. The summed E-state index contributed by atoms with van der Waals surface area (Å²) in [5, 5.41) is 7.89. The highest BCUT2D eigenvalue weighted by Crippen LogP contribution is 2.24. The van der Waals surface area contributed by atoms with Crippen LogP contribution in [0, 0.1) is 6.92 Å². The number of amides is 2. The molecule has 1 aromatic heterocycles. The minimum absolute atomic E-state index is 0.0260. The third-order valence-electron chi connectivity index (χ3n) is 4.16. The second-order valence-corrected chi connectivity index (χ2v) is 6.01. The van der Waals surface area contributed by atoms with Crippen LogP contribution in [0.15, 0.2) is 18.2 Å². The minimum atomic E-state index is -0.376. The molecule has 2 amide bonds. The first-order chi connectivity index (χ1) is 10.5. The Kier molecular flexibility index (Phi) is 3.60.